The Morgan fingerprint density at radius 1 is 0.722 bits per heavy atom. The number of halogens is 1. The van der Waals surface area contributed by atoms with Crippen molar-refractivity contribution < 1.29 is 0 Å². The Hall–Kier alpha value is 0.535. The molecule has 0 radical (unpaired) electrons. The summed E-state index contributed by atoms with van der Waals surface area (Å²) in [6.45, 7) is 1.01. The first-order valence-electron chi connectivity index (χ1n) is 8.23. The van der Waals surface area contributed by atoms with E-state index in [9.17, 15) is 0 Å². The zero-order valence-electron chi connectivity index (χ0n) is 11.6. The van der Waals surface area contributed by atoms with E-state index < -0.39 is 0 Å². The maximum absolute atomic E-state index is 2.70. The minimum absolute atomic E-state index is 1.01. The number of fused-ring (bicyclic) bond motifs is 2. The van der Waals surface area contributed by atoms with E-state index in [2.05, 4.69) is 22.6 Å². The van der Waals surface area contributed by atoms with Crippen molar-refractivity contribution in [3.63, 3.8) is 0 Å². The van der Waals surface area contributed by atoms with Crippen molar-refractivity contribution in [2.75, 3.05) is 0 Å². The van der Waals surface area contributed by atoms with E-state index in [1.54, 1.807) is 3.58 Å². The van der Waals surface area contributed by atoms with Crippen LogP contribution in [-0.4, -0.2) is 6.71 Å². The largest absolute Gasteiger partial charge is 0.177 e. The molecule has 0 amide bonds. The van der Waals surface area contributed by atoms with Gasteiger partial charge in [-0.3, -0.25) is 0 Å². The third kappa shape index (κ3) is 2.83. The summed E-state index contributed by atoms with van der Waals surface area (Å²) < 4.78 is 1.77. The molecule has 0 aromatic heterocycles. The van der Waals surface area contributed by atoms with Crippen molar-refractivity contribution in [2.45, 2.75) is 88.7 Å². The van der Waals surface area contributed by atoms with Crippen LogP contribution in [0.2, 0.25) is 11.6 Å². The zero-order chi connectivity index (χ0) is 12.4. The fourth-order valence-electron chi connectivity index (χ4n) is 4.84. The fraction of sp³-hybridized carbons (Fsp3) is 0.875. The van der Waals surface area contributed by atoms with Gasteiger partial charge in [0, 0.05) is 0 Å². The summed E-state index contributed by atoms with van der Waals surface area (Å²) >= 11 is 2.70. The Morgan fingerprint density at radius 2 is 1.28 bits per heavy atom. The van der Waals surface area contributed by atoms with E-state index in [0.29, 0.717) is 0 Å². The number of allylic oxidation sites excluding steroid dienone is 2. The normalized spacial score (nSPS) is 38.2. The van der Waals surface area contributed by atoms with Gasteiger partial charge in [-0.1, -0.05) is 97.5 Å². The molecule has 0 N–H and O–H groups in total. The van der Waals surface area contributed by atoms with Gasteiger partial charge in [0.05, 0.1) is 0 Å². The molecular formula is C16H26BI. The first-order chi connectivity index (χ1) is 8.86. The first kappa shape index (κ1) is 13.5. The highest BCUT2D eigenvalue weighted by molar-refractivity contribution is 14.1. The fourth-order valence-corrected chi connectivity index (χ4v) is 5.85. The predicted molar refractivity (Wildman–Crippen MR) is 89.7 cm³/mol. The van der Waals surface area contributed by atoms with Crippen molar-refractivity contribution >= 4 is 29.3 Å². The minimum atomic E-state index is 1.01. The van der Waals surface area contributed by atoms with Crippen LogP contribution in [0.4, 0.5) is 0 Å². The van der Waals surface area contributed by atoms with Crippen LogP contribution in [0.25, 0.3) is 0 Å². The zero-order valence-corrected chi connectivity index (χ0v) is 13.8. The molecule has 0 atom stereocenters. The van der Waals surface area contributed by atoms with Gasteiger partial charge in [-0.2, -0.15) is 0 Å². The highest BCUT2D eigenvalue weighted by Crippen LogP contribution is 2.50. The van der Waals surface area contributed by atoms with E-state index in [1.807, 2.05) is 5.47 Å². The van der Waals surface area contributed by atoms with Gasteiger partial charge in [0.2, 0.25) is 0 Å². The van der Waals surface area contributed by atoms with Crippen molar-refractivity contribution in [1.29, 1.82) is 0 Å². The Bertz CT molecular complexity index is 301. The maximum atomic E-state index is 2.70. The Morgan fingerprint density at radius 3 is 1.89 bits per heavy atom. The summed E-state index contributed by atoms with van der Waals surface area (Å²) in [6.07, 6.45) is 17.9. The summed E-state index contributed by atoms with van der Waals surface area (Å²) in [5, 5.41) is 0. The van der Waals surface area contributed by atoms with Crippen LogP contribution in [0.15, 0.2) is 9.05 Å². The molecule has 2 aliphatic heterocycles. The van der Waals surface area contributed by atoms with Crippen LogP contribution in [0.1, 0.15) is 77.0 Å². The van der Waals surface area contributed by atoms with E-state index in [-0.39, 0.29) is 0 Å². The lowest BCUT2D eigenvalue weighted by atomic mass is 9.24. The van der Waals surface area contributed by atoms with Crippen molar-refractivity contribution in [1.82, 2.24) is 0 Å². The lowest BCUT2D eigenvalue weighted by molar-refractivity contribution is 0.444. The average molecular weight is 356 g/mol. The second kappa shape index (κ2) is 6.32. The summed E-state index contributed by atoms with van der Waals surface area (Å²) in [5.74, 6) is 2.13. The second-order valence-corrected chi connectivity index (χ2v) is 8.05. The Balaban J connectivity index is 1.84. The molecule has 2 bridgehead atoms. The monoisotopic (exact) mass is 356 g/mol. The van der Waals surface area contributed by atoms with Crippen LogP contribution in [0, 0.1) is 0 Å². The molecule has 0 aromatic carbocycles. The van der Waals surface area contributed by atoms with Gasteiger partial charge in [-0.15, -0.1) is 0 Å². The molecule has 0 saturated carbocycles. The van der Waals surface area contributed by atoms with Gasteiger partial charge in [-0.05, 0) is 22.8 Å². The summed E-state index contributed by atoms with van der Waals surface area (Å²) in [7, 11) is 0. The highest BCUT2D eigenvalue weighted by atomic mass is 127. The number of hydrogen-bond acceptors (Lipinski definition) is 0. The second-order valence-electron chi connectivity index (χ2n) is 6.75. The van der Waals surface area contributed by atoms with Crippen LogP contribution in [0.5, 0.6) is 0 Å². The predicted octanol–water partition coefficient (Wildman–Crippen LogP) is 6.17. The molecule has 0 unspecified atom stereocenters. The molecule has 3 rings (SSSR count). The lowest BCUT2D eigenvalue weighted by Crippen LogP contribution is -2.37. The van der Waals surface area contributed by atoms with Gasteiger partial charge in [0.15, 0.2) is 6.71 Å². The molecule has 0 nitrogen and oxygen atoms in total. The molecular weight excluding hydrogens is 330 g/mol. The summed E-state index contributed by atoms with van der Waals surface area (Å²) in [5.41, 5.74) is 1.93. The maximum Gasteiger partial charge on any atom is 0.177 e. The third-order valence-corrected chi connectivity index (χ3v) is 6.89. The minimum Gasteiger partial charge on any atom is -0.0914 e. The van der Waals surface area contributed by atoms with E-state index >= 15 is 0 Å². The summed E-state index contributed by atoms with van der Waals surface area (Å²) in [6, 6.07) is 0. The molecule has 100 valence electrons. The van der Waals surface area contributed by atoms with E-state index in [0.717, 1.165) is 18.3 Å². The van der Waals surface area contributed by atoms with E-state index in [1.165, 1.54) is 77.0 Å². The quantitative estimate of drug-likeness (QED) is 0.389. The molecule has 2 heteroatoms. The smallest absolute Gasteiger partial charge is 0.0914 e. The van der Waals surface area contributed by atoms with Gasteiger partial charge < -0.3 is 0 Å². The topological polar surface area (TPSA) is 0 Å². The van der Waals surface area contributed by atoms with Gasteiger partial charge >= 0.3 is 0 Å². The van der Waals surface area contributed by atoms with Crippen LogP contribution >= 0.6 is 22.6 Å². The number of rotatable bonds is 1. The molecule has 2 fully saturated rings. The van der Waals surface area contributed by atoms with E-state index in [4.69, 9.17) is 0 Å². The van der Waals surface area contributed by atoms with Gasteiger partial charge in [0.25, 0.3) is 0 Å². The van der Waals surface area contributed by atoms with Crippen LogP contribution in [-0.2, 0) is 0 Å². The molecule has 18 heavy (non-hydrogen) atoms. The van der Waals surface area contributed by atoms with Crippen LogP contribution in [0.3, 0.4) is 0 Å². The van der Waals surface area contributed by atoms with Gasteiger partial charge in [0.1, 0.15) is 0 Å². The molecule has 1 aliphatic carbocycles. The Labute approximate surface area is 127 Å². The molecule has 3 aliphatic rings. The standard InChI is InChI=1S/C16H26BI/c18-16-12-4-2-1-3-11-15(16)17-13-7-5-8-14(17)10-6-9-13/h13-14H,1-12H2/b16-15-. The van der Waals surface area contributed by atoms with Gasteiger partial charge in [-0.25, -0.2) is 0 Å². The van der Waals surface area contributed by atoms with Crippen molar-refractivity contribution in [3.05, 3.63) is 9.05 Å². The average Bonchev–Trinajstić information content (AvgIpc) is 2.34. The molecule has 2 heterocycles. The van der Waals surface area contributed by atoms with Crippen LogP contribution < -0.4 is 0 Å². The lowest BCUT2D eigenvalue weighted by Gasteiger charge is -2.42. The highest BCUT2D eigenvalue weighted by Gasteiger charge is 2.41. The van der Waals surface area contributed by atoms with Crippen molar-refractivity contribution in [3.8, 4) is 0 Å². The SMILES string of the molecule is I/C1=C(\B2C3CCCC2CCC3)CCCCCC1. The third-order valence-electron chi connectivity index (χ3n) is 5.66. The Kier molecular flexibility index (Phi) is 4.75. The molecule has 2 saturated heterocycles. The number of hydrogen-bond donors (Lipinski definition) is 0. The van der Waals surface area contributed by atoms with Crippen molar-refractivity contribution in [2.24, 2.45) is 0 Å². The first-order valence-corrected chi connectivity index (χ1v) is 9.31. The molecule has 0 spiro atoms. The molecule has 0 aromatic rings. The summed E-state index contributed by atoms with van der Waals surface area (Å²) in [4.78, 5) is 0.